The van der Waals surface area contributed by atoms with Gasteiger partial charge in [0.1, 0.15) is 0 Å². The summed E-state index contributed by atoms with van der Waals surface area (Å²) in [5, 5.41) is 9.91. The Bertz CT molecular complexity index is 241. The normalized spacial score (nSPS) is 30.7. The highest BCUT2D eigenvalue weighted by molar-refractivity contribution is 5.76. The molecule has 2 aliphatic rings. The van der Waals surface area contributed by atoms with E-state index in [9.17, 15) is 9.90 Å². The Balaban J connectivity index is 2.02. The van der Waals surface area contributed by atoms with Crippen LogP contribution < -0.4 is 0 Å². The van der Waals surface area contributed by atoms with Gasteiger partial charge in [-0.15, -0.1) is 0 Å². The fraction of sp³-hybridized carbons (Fsp3) is 0.909. The van der Waals surface area contributed by atoms with Gasteiger partial charge in [-0.1, -0.05) is 0 Å². The molecule has 0 aromatic rings. The van der Waals surface area contributed by atoms with Gasteiger partial charge in [0.05, 0.1) is 13.2 Å². The fourth-order valence-corrected chi connectivity index (χ4v) is 2.46. The van der Waals surface area contributed by atoms with Gasteiger partial charge in [0.25, 0.3) is 0 Å². The van der Waals surface area contributed by atoms with Gasteiger partial charge in [0.15, 0.2) is 6.10 Å². The molecule has 0 radical (unpaired) electrons. The monoisotopic (exact) mass is 214 g/mol. The van der Waals surface area contributed by atoms with Crippen LogP contribution in [0.1, 0.15) is 32.1 Å². The first-order chi connectivity index (χ1) is 7.20. The maximum Gasteiger partial charge on any atom is 0.335 e. The Morgan fingerprint density at radius 3 is 2.73 bits per heavy atom. The second-order valence-electron chi connectivity index (χ2n) is 4.51. The molecule has 2 unspecified atom stereocenters. The van der Waals surface area contributed by atoms with Gasteiger partial charge in [-0.05, 0) is 32.1 Å². The summed E-state index contributed by atoms with van der Waals surface area (Å²) in [6, 6.07) is 0. The zero-order chi connectivity index (χ0) is 10.9. The lowest BCUT2D eigenvalue weighted by atomic mass is 9.87. The molecular formula is C11H18O4. The smallest absolute Gasteiger partial charge is 0.335 e. The molecule has 1 heterocycles. The molecule has 2 rings (SSSR count). The molecule has 2 fully saturated rings. The van der Waals surface area contributed by atoms with Crippen molar-refractivity contribution in [2.24, 2.45) is 5.41 Å². The predicted molar refractivity (Wildman–Crippen MR) is 53.3 cm³/mol. The molecule has 0 amide bonds. The van der Waals surface area contributed by atoms with Crippen LogP contribution in [0.3, 0.4) is 0 Å². The SMILES string of the molecule is COC(=O)C(O)C1(C2CCCCO2)CC1. The van der Waals surface area contributed by atoms with Crippen LogP contribution in [0, 0.1) is 5.41 Å². The van der Waals surface area contributed by atoms with Gasteiger partial charge in [0.2, 0.25) is 0 Å². The van der Waals surface area contributed by atoms with Crippen LogP contribution in [-0.2, 0) is 14.3 Å². The van der Waals surface area contributed by atoms with E-state index in [0.29, 0.717) is 0 Å². The van der Waals surface area contributed by atoms with E-state index in [1.165, 1.54) is 7.11 Å². The van der Waals surface area contributed by atoms with E-state index in [1.54, 1.807) is 0 Å². The molecule has 0 aromatic heterocycles. The number of esters is 1. The maximum absolute atomic E-state index is 11.3. The summed E-state index contributed by atoms with van der Waals surface area (Å²) in [6.45, 7) is 0.750. The number of ether oxygens (including phenoxy) is 2. The summed E-state index contributed by atoms with van der Waals surface area (Å²) in [7, 11) is 1.31. The van der Waals surface area contributed by atoms with Gasteiger partial charge >= 0.3 is 5.97 Å². The molecule has 0 spiro atoms. The molecule has 4 nitrogen and oxygen atoms in total. The van der Waals surface area contributed by atoms with E-state index in [-0.39, 0.29) is 11.5 Å². The fourth-order valence-electron chi connectivity index (χ4n) is 2.46. The van der Waals surface area contributed by atoms with E-state index in [1.807, 2.05) is 0 Å². The van der Waals surface area contributed by atoms with Gasteiger partial charge in [0, 0.05) is 12.0 Å². The molecule has 86 valence electrons. The maximum atomic E-state index is 11.3. The standard InChI is InChI=1S/C11H18O4/c1-14-10(13)9(12)11(5-6-11)8-4-2-3-7-15-8/h8-9,12H,2-7H2,1H3. The van der Waals surface area contributed by atoms with Gasteiger partial charge in [-0.3, -0.25) is 0 Å². The number of carbonyl (C=O) groups is 1. The highest BCUT2D eigenvalue weighted by Crippen LogP contribution is 2.55. The van der Waals surface area contributed by atoms with Crippen molar-refractivity contribution in [1.29, 1.82) is 0 Å². The van der Waals surface area contributed by atoms with Crippen molar-refractivity contribution >= 4 is 5.97 Å². The van der Waals surface area contributed by atoms with Crippen molar-refractivity contribution in [2.75, 3.05) is 13.7 Å². The van der Waals surface area contributed by atoms with Gasteiger partial charge < -0.3 is 14.6 Å². The van der Waals surface area contributed by atoms with Crippen LogP contribution in [0.5, 0.6) is 0 Å². The van der Waals surface area contributed by atoms with E-state index >= 15 is 0 Å². The minimum Gasteiger partial charge on any atom is -0.467 e. The number of hydrogen-bond donors (Lipinski definition) is 1. The first kappa shape index (κ1) is 10.9. The number of carbonyl (C=O) groups excluding carboxylic acids is 1. The second-order valence-corrected chi connectivity index (χ2v) is 4.51. The Labute approximate surface area is 89.6 Å². The van der Waals surface area contributed by atoms with Crippen molar-refractivity contribution in [1.82, 2.24) is 0 Å². The number of hydrogen-bond acceptors (Lipinski definition) is 4. The minimum atomic E-state index is -1.01. The molecule has 1 aliphatic heterocycles. The Hall–Kier alpha value is -0.610. The third-order valence-corrected chi connectivity index (χ3v) is 3.62. The summed E-state index contributed by atoms with van der Waals surface area (Å²) in [6.07, 6.45) is 3.93. The molecule has 1 saturated heterocycles. The molecule has 0 bridgehead atoms. The Kier molecular flexibility index (Phi) is 2.98. The van der Waals surface area contributed by atoms with E-state index in [0.717, 1.165) is 38.7 Å². The van der Waals surface area contributed by atoms with Crippen molar-refractivity contribution in [3.63, 3.8) is 0 Å². The molecule has 0 aromatic carbocycles. The van der Waals surface area contributed by atoms with Crippen LogP contribution in [0.2, 0.25) is 0 Å². The average Bonchev–Trinajstić information content (AvgIpc) is 3.09. The minimum absolute atomic E-state index is 0.0420. The van der Waals surface area contributed by atoms with Crippen LogP contribution in [-0.4, -0.2) is 37.0 Å². The van der Waals surface area contributed by atoms with Gasteiger partial charge in [-0.2, -0.15) is 0 Å². The number of aliphatic hydroxyl groups excluding tert-OH is 1. The van der Waals surface area contributed by atoms with Crippen molar-refractivity contribution in [2.45, 2.75) is 44.3 Å². The summed E-state index contributed by atoms with van der Waals surface area (Å²) in [5.41, 5.74) is -0.340. The van der Waals surface area contributed by atoms with Crippen LogP contribution in [0.15, 0.2) is 0 Å². The summed E-state index contributed by atoms with van der Waals surface area (Å²) >= 11 is 0. The van der Waals surface area contributed by atoms with Crippen molar-refractivity contribution in [3.8, 4) is 0 Å². The zero-order valence-electron chi connectivity index (χ0n) is 9.07. The molecule has 4 heteroatoms. The lowest BCUT2D eigenvalue weighted by molar-refractivity contribution is -0.161. The highest BCUT2D eigenvalue weighted by Gasteiger charge is 2.58. The second kappa shape index (κ2) is 4.10. The van der Waals surface area contributed by atoms with Crippen molar-refractivity contribution < 1.29 is 19.4 Å². The molecular weight excluding hydrogens is 196 g/mol. The average molecular weight is 214 g/mol. The molecule has 15 heavy (non-hydrogen) atoms. The molecule has 1 aliphatic carbocycles. The van der Waals surface area contributed by atoms with E-state index < -0.39 is 12.1 Å². The van der Waals surface area contributed by atoms with Crippen LogP contribution in [0.4, 0.5) is 0 Å². The third-order valence-electron chi connectivity index (χ3n) is 3.62. The topological polar surface area (TPSA) is 55.8 Å². The van der Waals surface area contributed by atoms with Crippen LogP contribution >= 0.6 is 0 Å². The first-order valence-corrected chi connectivity index (χ1v) is 5.58. The number of rotatable bonds is 3. The predicted octanol–water partition coefficient (Wildman–Crippen LogP) is 0.870. The van der Waals surface area contributed by atoms with E-state index in [4.69, 9.17) is 4.74 Å². The molecule has 1 N–H and O–H groups in total. The first-order valence-electron chi connectivity index (χ1n) is 5.58. The van der Waals surface area contributed by atoms with E-state index in [2.05, 4.69) is 4.74 Å². The summed E-state index contributed by atoms with van der Waals surface area (Å²) in [4.78, 5) is 11.3. The van der Waals surface area contributed by atoms with Crippen molar-refractivity contribution in [3.05, 3.63) is 0 Å². The Morgan fingerprint density at radius 1 is 1.53 bits per heavy atom. The summed E-state index contributed by atoms with van der Waals surface area (Å²) < 4.78 is 10.2. The molecule has 1 saturated carbocycles. The lowest BCUT2D eigenvalue weighted by Gasteiger charge is -2.32. The molecule has 2 atom stereocenters. The zero-order valence-corrected chi connectivity index (χ0v) is 9.07. The number of methoxy groups -OCH3 is 1. The quantitative estimate of drug-likeness (QED) is 0.708. The number of aliphatic hydroxyl groups is 1. The van der Waals surface area contributed by atoms with Crippen LogP contribution in [0.25, 0.3) is 0 Å². The lowest BCUT2D eigenvalue weighted by Crippen LogP contribution is -2.42. The largest absolute Gasteiger partial charge is 0.467 e. The Morgan fingerprint density at radius 2 is 2.27 bits per heavy atom. The van der Waals surface area contributed by atoms with Gasteiger partial charge in [-0.25, -0.2) is 4.79 Å². The highest BCUT2D eigenvalue weighted by atomic mass is 16.5. The third kappa shape index (κ3) is 1.88. The summed E-state index contributed by atoms with van der Waals surface area (Å²) in [5.74, 6) is -0.526.